The monoisotopic (exact) mass is 336 g/mol. The smallest absolute Gasteiger partial charge is 0.242 e. The van der Waals surface area contributed by atoms with Crippen molar-refractivity contribution in [2.45, 2.75) is 32.2 Å². The summed E-state index contributed by atoms with van der Waals surface area (Å²) in [5.41, 5.74) is 4.14. The standard InChI is InChI=1S/C21H24N2O2/c1-15(24)16-10-12-18(13-11-16)22-14-21(25)23(2)20-9-5-7-17-6-3-4-8-19(17)20/h3-4,6,8,10-13,20,22H,5,7,9,14H2,1-2H3. The van der Waals surface area contributed by atoms with E-state index in [4.69, 9.17) is 0 Å². The van der Waals surface area contributed by atoms with E-state index in [2.05, 4.69) is 23.5 Å². The van der Waals surface area contributed by atoms with Gasteiger partial charge in [-0.2, -0.15) is 0 Å². The number of aryl methyl sites for hydroxylation is 1. The first-order valence-electron chi connectivity index (χ1n) is 8.74. The number of benzene rings is 2. The SMILES string of the molecule is CC(=O)c1ccc(NCC(=O)N(C)C2CCCc3ccccc32)cc1. The number of amides is 1. The molecule has 0 aromatic heterocycles. The van der Waals surface area contributed by atoms with Gasteiger partial charge in [0.15, 0.2) is 5.78 Å². The van der Waals surface area contributed by atoms with Gasteiger partial charge in [-0.3, -0.25) is 9.59 Å². The number of hydrogen-bond donors (Lipinski definition) is 1. The van der Waals surface area contributed by atoms with E-state index in [0.717, 1.165) is 24.9 Å². The van der Waals surface area contributed by atoms with Gasteiger partial charge in [-0.15, -0.1) is 0 Å². The quantitative estimate of drug-likeness (QED) is 0.844. The maximum absolute atomic E-state index is 12.6. The number of carbonyl (C=O) groups excluding carboxylic acids is 2. The van der Waals surface area contributed by atoms with Gasteiger partial charge in [0.2, 0.25) is 5.91 Å². The minimum absolute atomic E-state index is 0.0401. The Morgan fingerprint density at radius 1 is 1.12 bits per heavy atom. The lowest BCUT2D eigenvalue weighted by atomic mass is 9.87. The number of rotatable bonds is 5. The molecule has 1 aliphatic rings. The highest BCUT2D eigenvalue weighted by atomic mass is 16.2. The molecule has 1 amide bonds. The normalized spacial score (nSPS) is 16.0. The number of fused-ring (bicyclic) bond motifs is 1. The van der Waals surface area contributed by atoms with Crippen LogP contribution < -0.4 is 5.32 Å². The first-order chi connectivity index (χ1) is 12.1. The molecule has 0 saturated carbocycles. The van der Waals surface area contributed by atoms with Crippen LogP contribution in [0.2, 0.25) is 0 Å². The Balaban J connectivity index is 1.63. The van der Waals surface area contributed by atoms with E-state index >= 15 is 0 Å². The van der Waals surface area contributed by atoms with Gasteiger partial charge in [0.1, 0.15) is 0 Å². The van der Waals surface area contributed by atoms with Gasteiger partial charge in [0, 0.05) is 18.3 Å². The van der Waals surface area contributed by atoms with E-state index in [1.165, 1.54) is 11.1 Å². The van der Waals surface area contributed by atoms with Crippen molar-refractivity contribution in [1.29, 1.82) is 0 Å². The Morgan fingerprint density at radius 2 is 1.84 bits per heavy atom. The summed E-state index contributed by atoms with van der Waals surface area (Å²) in [6.45, 7) is 1.79. The first kappa shape index (κ1) is 17.2. The lowest BCUT2D eigenvalue weighted by Crippen LogP contribution is -2.36. The van der Waals surface area contributed by atoms with Crippen molar-refractivity contribution < 1.29 is 9.59 Å². The molecule has 0 aliphatic heterocycles. The van der Waals surface area contributed by atoms with Crippen molar-refractivity contribution in [1.82, 2.24) is 4.90 Å². The number of Topliss-reactive ketones (excluding diaryl/α,β-unsaturated/α-hetero) is 1. The number of hydrogen-bond acceptors (Lipinski definition) is 3. The molecule has 2 aromatic rings. The first-order valence-corrected chi connectivity index (χ1v) is 8.74. The molecule has 2 aromatic carbocycles. The van der Waals surface area contributed by atoms with Gasteiger partial charge in [-0.25, -0.2) is 0 Å². The number of anilines is 1. The van der Waals surface area contributed by atoms with Crippen LogP contribution >= 0.6 is 0 Å². The lowest BCUT2D eigenvalue weighted by molar-refractivity contribution is -0.130. The lowest BCUT2D eigenvalue weighted by Gasteiger charge is -2.33. The number of nitrogens with one attached hydrogen (secondary N) is 1. The zero-order valence-electron chi connectivity index (χ0n) is 14.8. The summed E-state index contributed by atoms with van der Waals surface area (Å²) in [7, 11) is 1.88. The second-order valence-electron chi connectivity index (χ2n) is 6.60. The van der Waals surface area contributed by atoms with Gasteiger partial charge >= 0.3 is 0 Å². The highest BCUT2D eigenvalue weighted by Gasteiger charge is 2.26. The Labute approximate surface area is 148 Å². The van der Waals surface area contributed by atoms with E-state index < -0.39 is 0 Å². The topological polar surface area (TPSA) is 49.4 Å². The fourth-order valence-electron chi connectivity index (χ4n) is 3.43. The van der Waals surface area contributed by atoms with Crippen LogP contribution in [0, 0.1) is 0 Å². The molecule has 4 heteroatoms. The Kier molecular flexibility index (Phi) is 5.17. The molecule has 1 N–H and O–H groups in total. The van der Waals surface area contributed by atoms with Gasteiger partial charge in [-0.05, 0) is 61.6 Å². The fourth-order valence-corrected chi connectivity index (χ4v) is 3.43. The highest BCUT2D eigenvalue weighted by Crippen LogP contribution is 2.33. The number of ketones is 1. The molecule has 0 saturated heterocycles. The third-order valence-corrected chi connectivity index (χ3v) is 4.93. The minimum atomic E-state index is 0.0401. The molecule has 0 fully saturated rings. The maximum Gasteiger partial charge on any atom is 0.242 e. The predicted octanol–water partition coefficient (Wildman–Crippen LogP) is 3.84. The van der Waals surface area contributed by atoms with Crippen LogP contribution in [0.3, 0.4) is 0 Å². The summed E-state index contributed by atoms with van der Waals surface area (Å²) in [6, 6.07) is 15.8. The third kappa shape index (κ3) is 3.90. The zero-order chi connectivity index (χ0) is 17.8. The van der Waals surface area contributed by atoms with E-state index in [9.17, 15) is 9.59 Å². The number of carbonyl (C=O) groups is 2. The molecule has 0 spiro atoms. The molecule has 1 aliphatic carbocycles. The van der Waals surface area contributed by atoms with Gasteiger partial charge in [0.05, 0.1) is 12.6 Å². The molecule has 0 bridgehead atoms. The molecule has 130 valence electrons. The number of nitrogens with zero attached hydrogens (tertiary/aromatic N) is 1. The molecule has 3 rings (SSSR count). The van der Waals surface area contributed by atoms with Crippen LogP contribution in [0.4, 0.5) is 5.69 Å². The maximum atomic E-state index is 12.6. The zero-order valence-corrected chi connectivity index (χ0v) is 14.8. The van der Waals surface area contributed by atoms with Crippen molar-refractivity contribution >= 4 is 17.4 Å². The second kappa shape index (κ2) is 7.51. The molecule has 4 nitrogen and oxygen atoms in total. The molecular formula is C21H24N2O2. The van der Waals surface area contributed by atoms with Crippen LogP contribution in [0.1, 0.15) is 47.3 Å². The van der Waals surface area contributed by atoms with E-state index in [1.54, 1.807) is 19.1 Å². The highest BCUT2D eigenvalue weighted by molar-refractivity contribution is 5.94. The van der Waals surface area contributed by atoms with Gasteiger partial charge in [0.25, 0.3) is 0 Å². The van der Waals surface area contributed by atoms with E-state index in [-0.39, 0.29) is 24.3 Å². The Morgan fingerprint density at radius 3 is 2.56 bits per heavy atom. The van der Waals surface area contributed by atoms with Crippen LogP contribution in [-0.4, -0.2) is 30.2 Å². The van der Waals surface area contributed by atoms with Crippen LogP contribution in [-0.2, 0) is 11.2 Å². The summed E-state index contributed by atoms with van der Waals surface area (Å²) in [4.78, 5) is 25.8. The summed E-state index contributed by atoms with van der Waals surface area (Å²) in [5.74, 6) is 0.107. The molecule has 25 heavy (non-hydrogen) atoms. The average Bonchev–Trinajstić information content (AvgIpc) is 2.65. The molecular weight excluding hydrogens is 312 g/mol. The Bertz CT molecular complexity index is 768. The van der Waals surface area contributed by atoms with Crippen molar-refractivity contribution in [3.05, 3.63) is 65.2 Å². The predicted molar refractivity (Wildman–Crippen MR) is 99.8 cm³/mol. The molecule has 0 heterocycles. The third-order valence-electron chi connectivity index (χ3n) is 4.93. The molecule has 1 atom stereocenters. The number of likely N-dealkylation sites (N-methyl/N-ethyl adjacent to an activating group) is 1. The molecule has 1 unspecified atom stereocenters. The van der Waals surface area contributed by atoms with Crippen molar-refractivity contribution in [2.75, 3.05) is 18.9 Å². The minimum Gasteiger partial charge on any atom is -0.376 e. The van der Waals surface area contributed by atoms with Crippen molar-refractivity contribution in [3.8, 4) is 0 Å². The van der Waals surface area contributed by atoms with Crippen LogP contribution in [0.15, 0.2) is 48.5 Å². The largest absolute Gasteiger partial charge is 0.376 e. The average molecular weight is 336 g/mol. The van der Waals surface area contributed by atoms with E-state index in [0.29, 0.717) is 5.56 Å². The van der Waals surface area contributed by atoms with Gasteiger partial charge in [-0.1, -0.05) is 24.3 Å². The van der Waals surface area contributed by atoms with E-state index in [1.807, 2.05) is 30.1 Å². The molecule has 0 radical (unpaired) electrons. The van der Waals surface area contributed by atoms with Crippen molar-refractivity contribution in [3.63, 3.8) is 0 Å². The summed E-state index contributed by atoms with van der Waals surface area (Å²) < 4.78 is 0. The van der Waals surface area contributed by atoms with Gasteiger partial charge < -0.3 is 10.2 Å². The summed E-state index contributed by atoms with van der Waals surface area (Å²) in [5, 5.41) is 3.15. The van der Waals surface area contributed by atoms with Crippen LogP contribution in [0.25, 0.3) is 0 Å². The van der Waals surface area contributed by atoms with Crippen molar-refractivity contribution in [2.24, 2.45) is 0 Å². The van der Waals surface area contributed by atoms with Crippen LogP contribution in [0.5, 0.6) is 0 Å². The fraction of sp³-hybridized carbons (Fsp3) is 0.333. The summed E-state index contributed by atoms with van der Waals surface area (Å²) >= 11 is 0. The summed E-state index contributed by atoms with van der Waals surface area (Å²) in [6.07, 6.45) is 3.21. The second-order valence-corrected chi connectivity index (χ2v) is 6.60. The Hall–Kier alpha value is -2.62.